The topological polar surface area (TPSA) is 54.9 Å². The Balaban J connectivity index is 1.52. The van der Waals surface area contributed by atoms with Crippen LogP contribution in [0.15, 0.2) is 24.3 Å². The average molecular weight is 291 g/mol. The lowest BCUT2D eigenvalue weighted by Crippen LogP contribution is -2.12. The molecule has 1 aromatic carbocycles. The van der Waals surface area contributed by atoms with Crippen LogP contribution in [0.5, 0.6) is 0 Å². The Morgan fingerprint density at radius 3 is 2.95 bits per heavy atom. The van der Waals surface area contributed by atoms with Crippen molar-refractivity contribution in [3.8, 4) is 0 Å². The Labute approximate surface area is 120 Å². The zero-order valence-corrected chi connectivity index (χ0v) is 11.6. The number of benzene rings is 1. The number of aryl methyl sites for hydroxylation is 1. The smallest absolute Gasteiger partial charge is 0.226 e. The van der Waals surface area contributed by atoms with Crippen molar-refractivity contribution in [3.63, 3.8) is 0 Å². The first-order valence-corrected chi connectivity index (χ1v) is 7.36. The van der Waals surface area contributed by atoms with Gasteiger partial charge in [-0.15, -0.1) is 0 Å². The van der Waals surface area contributed by atoms with Crippen LogP contribution in [-0.4, -0.2) is 15.3 Å². The Kier molecular flexibility index (Phi) is 3.73. The standard InChI is InChI=1S/C14H14FN3OS/c15-11-4-2-1-3-9(11)7-8-12(19)16-14-17-13(18-20-14)10-5-6-10/h1-4,10H,5-8H2,(H,16,17,18,19). The van der Waals surface area contributed by atoms with Crippen LogP contribution in [0.25, 0.3) is 0 Å². The van der Waals surface area contributed by atoms with Crippen molar-refractivity contribution in [3.05, 3.63) is 41.5 Å². The number of hydrogen-bond donors (Lipinski definition) is 1. The van der Waals surface area contributed by atoms with Crippen molar-refractivity contribution in [2.75, 3.05) is 5.32 Å². The van der Waals surface area contributed by atoms with Gasteiger partial charge < -0.3 is 5.32 Å². The summed E-state index contributed by atoms with van der Waals surface area (Å²) >= 11 is 1.20. The maximum absolute atomic E-state index is 13.4. The highest BCUT2D eigenvalue weighted by atomic mass is 32.1. The number of amides is 1. The van der Waals surface area contributed by atoms with E-state index in [1.54, 1.807) is 18.2 Å². The normalized spacial score (nSPS) is 14.2. The second-order valence-electron chi connectivity index (χ2n) is 4.87. The largest absolute Gasteiger partial charge is 0.301 e. The zero-order chi connectivity index (χ0) is 13.9. The minimum atomic E-state index is -0.271. The number of carbonyl (C=O) groups excluding carboxylic acids is 1. The Morgan fingerprint density at radius 1 is 1.40 bits per heavy atom. The highest BCUT2D eigenvalue weighted by molar-refractivity contribution is 7.09. The Bertz CT molecular complexity index is 624. The van der Waals surface area contributed by atoms with Crippen molar-refractivity contribution in [2.24, 2.45) is 0 Å². The van der Waals surface area contributed by atoms with E-state index >= 15 is 0 Å². The molecule has 0 bridgehead atoms. The average Bonchev–Trinajstić information content (AvgIpc) is 3.19. The lowest BCUT2D eigenvalue weighted by Gasteiger charge is -2.03. The fourth-order valence-corrected chi connectivity index (χ4v) is 2.59. The van der Waals surface area contributed by atoms with Crippen molar-refractivity contribution < 1.29 is 9.18 Å². The maximum Gasteiger partial charge on any atom is 0.226 e. The van der Waals surface area contributed by atoms with Gasteiger partial charge in [-0.2, -0.15) is 4.37 Å². The first kappa shape index (κ1) is 13.2. The molecule has 0 aliphatic heterocycles. The van der Waals surface area contributed by atoms with Crippen molar-refractivity contribution in [1.82, 2.24) is 9.36 Å². The summed E-state index contributed by atoms with van der Waals surface area (Å²) < 4.78 is 17.6. The molecule has 0 radical (unpaired) electrons. The first-order chi connectivity index (χ1) is 9.72. The van der Waals surface area contributed by atoms with Crippen molar-refractivity contribution in [2.45, 2.75) is 31.6 Å². The van der Waals surface area contributed by atoms with Gasteiger partial charge >= 0.3 is 0 Å². The number of rotatable bonds is 5. The van der Waals surface area contributed by atoms with E-state index < -0.39 is 0 Å². The molecule has 104 valence electrons. The van der Waals surface area contributed by atoms with Crippen molar-refractivity contribution >= 4 is 22.6 Å². The quantitative estimate of drug-likeness (QED) is 0.920. The van der Waals surface area contributed by atoms with Gasteiger partial charge in [0.05, 0.1) is 0 Å². The minimum Gasteiger partial charge on any atom is -0.301 e. The van der Waals surface area contributed by atoms with E-state index in [0.717, 1.165) is 18.7 Å². The summed E-state index contributed by atoms with van der Waals surface area (Å²) in [6.07, 6.45) is 2.89. The van der Waals surface area contributed by atoms with Gasteiger partial charge in [0, 0.05) is 23.9 Å². The number of halogens is 1. The molecule has 3 rings (SSSR count). The molecule has 20 heavy (non-hydrogen) atoms. The molecule has 1 fully saturated rings. The van der Waals surface area contributed by atoms with E-state index in [1.807, 2.05) is 0 Å². The van der Waals surface area contributed by atoms with Crippen LogP contribution in [0.1, 0.15) is 36.6 Å². The van der Waals surface area contributed by atoms with Gasteiger partial charge in [0.2, 0.25) is 11.0 Å². The summed E-state index contributed by atoms with van der Waals surface area (Å²) in [6, 6.07) is 6.50. The van der Waals surface area contributed by atoms with Gasteiger partial charge in [-0.1, -0.05) is 18.2 Å². The van der Waals surface area contributed by atoms with Crippen molar-refractivity contribution in [1.29, 1.82) is 0 Å². The minimum absolute atomic E-state index is 0.160. The van der Waals surface area contributed by atoms with Gasteiger partial charge in [0.1, 0.15) is 11.6 Å². The Morgan fingerprint density at radius 2 is 2.20 bits per heavy atom. The number of nitrogens with zero attached hydrogens (tertiary/aromatic N) is 2. The van der Waals surface area contributed by atoms with E-state index in [1.165, 1.54) is 17.6 Å². The molecule has 1 amide bonds. The van der Waals surface area contributed by atoms with Crippen LogP contribution < -0.4 is 5.32 Å². The van der Waals surface area contributed by atoms with Crippen LogP contribution >= 0.6 is 11.5 Å². The lowest BCUT2D eigenvalue weighted by atomic mass is 10.1. The molecule has 0 spiro atoms. The van der Waals surface area contributed by atoms with Crippen LogP contribution in [0.3, 0.4) is 0 Å². The predicted octanol–water partition coefficient (Wildman–Crippen LogP) is 3.13. The molecule has 1 saturated carbocycles. The number of nitrogens with one attached hydrogen (secondary N) is 1. The summed E-state index contributed by atoms with van der Waals surface area (Å²) in [7, 11) is 0. The number of aromatic nitrogens is 2. The van der Waals surface area contributed by atoms with Gasteiger partial charge in [0.25, 0.3) is 0 Å². The van der Waals surface area contributed by atoms with Crippen LogP contribution in [0.2, 0.25) is 0 Å². The van der Waals surface area contributed by atoms with E-state index in [2.05, 4.69) is 14.7 Å². The summed E-state index contributed by atoms with van der Waals surface area (Å²) in [6.45, 7) is 0. The molecule has 4 nitrogen and oxygen atoms in total. The van der Waals surface area contributed by atoms with Crippen LogP contribution in [0, 0.1) is 5.82 Å². The summed E-state index contributed by atoms with van der Waals surface area (Å²) in [4.78, 5) is 16.1. The predicted molar refractivity (Wildman–Crippen MR) is 75.2 cm³/mol. The summed E-state index contributed by atoms with van der Waals surface area (Å²) in [5.41, 5.74) is 0.554. The molecule has 1 aromatic heterocycles. The van der Waals surface area contributed by atoms with Gasteiger partial charge in [-0.05, 0) is 30.9 Å². The molecule has 1 heterocycles. The highest BCUT2D eigenvalue weighted by Crippen LogP contribution is 2.39. The molecule has 0 atom stereocenters. The molecule has 6 heteroatoms. The summed E-state index contributed by atoms with van der Waals surface area (Å²) in [5, 5.41) is 3.25. The zero-order valence-electron chi connectivity index (χ0n) is 10.8. The van der Waals surface area contributed by atoms with Gasteiger partial charge in [0.15, 0.2) is 0 Å². The second kappa shape index (κ2) is 5.66. The fraction of sp³-hybridized carbons (Fsp3) is 0.357. The number of carbonyl (C=O) groups is 1. The highest BCUT2D eigenvalue weighted by Gasteiger charge is 2.27. The second-order valence-corrected chi connectivity index (χ2v) is 5.62. The number of hydrogen-bond acceptors (Lipinski definition) is 4. The molecule has 0 unspecified atom stereocenters. The van der Waals surface area contributed by atoms with Crippen LogP contribution in [-0.2, 0) is 11.2 Å². The third-order valence-electron chi connectivity index (χ3n) is 3.21. The first-order valence-electron chi connectivity index (χ1n) is 6.59. The Hall–Kier alpha value is -1.82. The third-order valence-corrected chi connectivity index (χ3v) is 3.85. The van der Waals surface area contributed by atoms with E-state index in [0.29, 0.717) is 23.0 Å². The van der Waals surface area contributed by atoms with E-state index in [4.69, 9.17) is 0 Å². The molecule has 1 aliphatic rings. The maximum atomic E-state index is 13.4. The summed E-state index contributed by atoms with van der Waals surface area (Å²) in [5.74, 6) is 0.883. The SMILES string of the molecule is O=C(CCc1ccccc1F)Nc1nc(C2CC2)ns1. The monoisotopic (exact) mass is 291 g/mol. The fourth-order valence-electron chi connectivity index (χ4n) is 1.92. The molecule has 1 aliphatic carbocycles. The van der Waals surface area contributed by atoms with Gasteiger partial charge in [-0.3, -0.25) is 4.79 Å². The molecular weight excluding hydrogens is 277 g/mol. The van der Waals surface area contributed by atoms with Crippen LogP contribution in [0.4, 0.5) is 9.52 Å². The molecule has 0 saturated heterocycles. The third kappa shape index (κ3) is 3.19. The molecule has 1 N–H and O–H groups in total. The van der Waals surface area contributed by atoms with E-state index in [9.17, 15) is 9.18 Å². The number of anilines is 1. The van der Waals surface area contributed by atoms with E-state index in [-0.39, 0.29) is 18.1 Å². The lowest BCUT2D eigenvalue weighted by molar-refractivity contribution is -0.116. The molecular formula is C14H14FN3OS. The molecule has 2 aromatic rings. The van der Waals surface area contributed by atoms with Gasteiger partial charge in [-0.25, -0.2) is 9.37 Å².